The van der Waals surface area contributed by atoms with E-state index in [1.165, 1.54) is 13.1 Å². The molecule has 2 heterocycles. The van der Waals surface area contributed by atoms with Crippen LogP contribution >= 0.6 is 23.1 Å². The summed E-state index contributed by atoms with van der Waals surface area (Å²) in [5, 5.41) is 2.09. The number of carbonyl (C=O) groups is 1. The number of carbonyl (C=O) groups excluding carboxylic acids is 1. The molecule has 186 valence electrons. The van der Waals surface area contributed by atoms with E-state index < -0.39 is 45.1 Å². The molecule has 4 rings (SSSR count). The molecule has 0 aliphatic carbocycles. The Balaban J connectivity index is 1.87. The molecule has 0 fully saturated rings. The summed E-state index contributed by atoms with van der Waals surface area (Å²) in [5.74, 6) is -1.03. The average molecular weight is 553 g/mol. The van der Waals surface area contributed by atoms with Crippen molar-refractivity contribution >= 4 is 50.4 Å². The molecule has 0 spiro atoms. The number of nitrogens with zero attached hydrogens (tertiary/aromatic N) is 1. The lowest BCUT2D eigenvalue weighted by Crippen LogP contribution is -2.30. The summed E-state index contributed by atoms with van der Waals surface area (Å²) in [6.07, 6.45) is -8.59. The number of amides is 1. The van der Waals surface area contributed by atoms with E-state index in [0.29, 0.717) is 17.7 Å². The maximum Gasteiger partial charge on any atom is 0.416 e. The number of thioether (sulfide) groups is 1. The Kier molecular flexibility index (Phi) is 6.13. The van der Waals surface area contributed by atoms with Gasteiger partial charge in [0.1, 0.15) is 9.77 Å². The SMILES string of the molecule is CSc1sc(C(=O)Nc2cc(C(F)(F)F)cc(C(F)(F)F)c2)c2c1S(=O)(=O)N(C)c1ccccc1-2. The monoisotopic (exact) mass is 552 g/mol. The molecule has 1 aromatic heterocycles. The van der Waals surface area contributed by atoms with Gasteiger partial charge in [0.15, 0.2) is 0 Å². The molecule has 0 radical (unpaired) electrons. The summed E-state index contributed by atoms with van der Waals surface area (Å²) in [6, 6.07) is 7.05. The molecule has 1 aliphatic heterocycles. The van der Waals surface area contributed by atoms with Crippen molar-refractivity contribution in [3.63, 3.8) is 0 Å². The molecule has 1 aliphatic rings. The summed E-state index contributed by atoms with van der Waals surface area (Å²) in [5.41, 5.74) is -3.19. The number of anilines is 2. The predicted molar refractivity (Wildman–Crippen MR) is 122 cm³/mol. The van der Waals surface area contributed by atoms with Crippen LogP contribution in [-0.4, -0.2) is 27.6 Å². The van der Waals surface area contributed by atoms with E-state index >= 15 is 0 Å². The van der Waals surface area contributed by atoms with Crippen LogP contribution < -0.4 is 9.62 Å². The number of sulfonamides is 1. The summed E-state index contributed by atoms with van der Waals surface area (Å²) in [6.45, 7) is 0. The van der Waals surface area contributed by atoms with Crippen LogP contribution in [0.5, 0.6) is 0 Å². The van der Waals surface area contributed by atoms with Gasteiger partial charge in [-0.15, -0.1) is 23.1 Å². The fourth-order valence-electron chi connectivity index (χ4n) is 3.61. The fraction of sp³-hybridized carbons (Fsp3) is 0.190. The Labute approximate surface area is 203 Å². The second kappa shape index (κ2) is 8.45. The molecule has 0 saturated heterocycles. The summed E-state index contributed by atoms with van der Waals surface area (Å²) < 4.78 is 107. The Morgan fingerprint density at radius 1 is 1.00 bits per heavy atom. The third-order valence-corrected chi connectivity index (χ3v) is 9.61. The Bertz CT molecular complexity index is 1410. The van der Waals surface area contributed by atoms with Crippen molar-refractivity contribution in [3.8, 4) is 11.1 Å². The smallest absolute Gasteiger partial charge is 0.321 e. The van der Waals surface area contributed by atoms with Gasteiger partial charge in [-0.3, -0.25) is 9.10 Å². The van der Waals surface area contributed by atoms with Crippen molar-refractivity contribution in [2.24, 2.45) is 0 Å². The molecule has 0 saturated carbocycles. The van der Waals surface area contributed by atoms with Crippen molar-refractivity contribution in [2.75, 3.05) is 22.9 Å². The minimum Gasteiger partial charge on any atom is -0.321 e. The van der Waals surface area contributed by atoms with Gasteiger partial charge < -0.3 is 5.32 Å². The third kappa shape index (κ3) is 4.38. The first kappa shape index (κ1) is 25.4. The van der Waals surface area contributed by atoms with Crippen molar-refractivity contribution < 1.29 is 39.6 Å². The van der Waals surface area contributed by atoms with Crippen LogP contribution in [-0.2, 0) is 22.4 Å². The number of rotatable bonds is 3. The standard InChI is InChI=1S/C21H14F6N2O3S3/c1-29-14-6-4-3-5-13(14)15-16(34-19(33-2)17(15)35(29,31)32)18(30)28-12-8-10(20(22,23)24)7-11(9-12)21(25,26)27/h3-9H,1-2H3,(H,28,30). The maximum absolute atomic E-state index is 13.2. The van der Waals surface area contributed by atoms with E-state index in [-0.39, 0.29) is 31.3 Å². The van der Waals surface area contributed by atoms with E-state index in [9.17, 15) is 39.6 Å². The molecule has 0 atom stereocenters. The van der Waals surface area contributed by atoms with E-state index in [4.69, 9.17) is 0 Å². The molecule has 2 aromatic carbocycles. The lowest BCUT2D eigenvalue weighted by atomic mass is 10.0. The number of fused-ring (bicyclic) bond motifs is 3. The molecule has 5 nitrogen and oxygen atoms in total. The number of para-hydroxylation sites is 1. The van der Waals surface area contributed by atoms with Crippen LogP contribution in [0.4, 0.5) is 37.7 Å². The fourth-order valence-corrected chi connectivity index (χ4v) is 7.76. The topological polar surface area (TPSA) is 66.5 Å². The van der Waals surface area contributed by atoms with E-state index in [1.807, 2.05) is 0 Å². The van der Waals surface area contributed by atoms with Gasteiger partial charge >= 0.3 is 12.4 Å². The average Bonchev–Trinajstić information content (AvgIpc) is 3.17. The van der Waals surface area contributed by atoms with Crippen LogP contribution in [0.15, 0.2) is 51.6 Å². The summed E-state index contributed by atoms with van der Waals surface area (Å²) in [7, 11) is -2.72. The van der Waals surface area contributed by atoms with Crippen LogP contribution in [0.1, 0.15) is 20.8 Å². The highest BCUT2D eigenvalue weighted by Crippen LogP contribution is 2.51. The highest BCUT2D eigenvalue weighted by molar-refractivity contribution is 8.01. The minimum absolute atomic E-state index is 0.0485. The number of alkyl halides is 6. The molecular weight excluding hydrogens is 538 g/mol. The van der Waals surface area contributed by atoms with Gasteiger partial charge in [-0.25, -0.2) is 8.42 Å². The van der Waals surface area contributed by atoms with Crippen LogP contribution in [0, 0.1) is 0 Å². The van der Waals surface area contributed by atoms with Gasteiger partial charge in [0, 0.05) is 23.9 Å². The van der Waals surface area contributed by atoms with Gasteiger partial charge in [-0.1, -0.05) is 18.2 Å². The number of hydrogen-bond acceptors (Lipinski definition) is 5. The first-order chi connectivity index (χ1) is 16.2. The van der Waals surface area contributed by atoms with Gasteiger partial charge in [0.2, 0.25) is 0 Å². The van der Waals surface area contributed by atoms with Crippen molar-refractivity contribution in [1.29, 1.82) is 0 Å². The molecule has 1 N–H and O–H groups in total. The van der Waals surface area contributed by atoms with Crippen molar-refractivity contribution in [2.45, 2.75) is 21.5 Å². The maximum atomic E-state index is 13.2. The number of thiophene rings is 1. The molecule has 1 amide bonds. The lowest BCUT2D eigenvalue weighted by Gasteiger charge is -2.28. The Morgan fingerprint density at radius 3 is 2.11 bits per heavy atom. The Hall–Kier alpha value is -2.71. The van der Waals surface area contributed by atoms with Crippen molar-refractivity contribution in [3.05, 3.63) is 58.5 Å². The van der Waals surface area contributed by atoms with Gasteiger partial charge in [0.05, 0.1) is 21.0 Å². The number of halogens is 6. The molecule has 35 heavy (non-hydrogen) atoms. The third-order valence-electron chi connectivity index (χ3n) is 5.20. The molecule has 3 aromatic rings. The van der Waals surface area contributed by atoms with Crippen molar-refractivity contribution in [1.82, 2.24) is 0 Å². The van der Waals surface area contributed by atoms with Crippen LogP contribution in [0.2, 0.25) is 0 Å². The quantitative estimate of drug-likeness (QED) is 0.295. The van der Waals surface area contributed by atoms with Crippen LogP contribution in [0.25, 0.3) is 11.1 Å². The zero-order valence-corrected chi connectivity index (χ0v) is 20.2. The Morgan fingerprint density at radius 2 is 1.57 bits per heavy atom. The predicted octanol–water partition coefficient (Wildman–Crippen LogP) is 6.57. The summed E-state index contributed by atoms with van der Waals surface area (Å²) in [4.78, 5) is 12.9. The molecule has 14 heteroatoms. The normalized spacial score (nSPS) is 14.9. The van der Waals surface area contributed by atoms with Gasteiger partial charge in [-0.2, -0.15) is 26.3 Å². The molecule has 0 unspecified atom stereocenters. The van der Waals surface area contributed by atoms with E-state index in [1.54, 1.807) is 24.5 Å². The van der Waals surface area contributed by atoms with Gasteiger partial charge in [0.25, 0.3) is 15.9 Å². The number of benzene rings is 2. The van der Waals surface area contributed by atoms with E-state index in [0.717, 1.165) is 27.4 Å². The first-order valence-corrected chi connectivity index (χ1v) is 13.0. The number of hydrogen-bond donors (Lipinski definition) is 1. The molecular formula is C21H14F6N2O3S3. The van der Waals surface area contributed by atoms with Crippen LogP contribution in [0.3, 0.4) is 0 Å². The largest absolute Gasteiger partial charge is 0.416 e. The highest BCUT2D eigenvalue weighted by atomic mass is 32.2. The second-order valence-corrected chi connectivity index (χ2v) is 11.4. The summed E-state index contributed by atoms with van der Waals surface area (Å²) >= 11 is 1.84. The first-order valence-electron chi connectivity index (χ1n) is 9.56. The minimum atomic E-state index is -5.09. The lowest BCUT2D eigenvalue weighted by molar-refractivity contribution is -0.143. The zero-order chi connectivity index (χ0) is 25.9. The second-order valence-electron chi connectivity index (χ2n) is 7.37. The number of nitrogens with one attached hydrogen (secondary N) is 1. The van der Waals surface area contributed by atoms with Gasteiger partial charge in [-0.05, 0) is 30.5 Å². The van der Waals surface area contributed by atoms with E-state index in [2.05, 4.69) is 5.32 Å². The zero-order valence-electron chi connectivity index (χ0n) is 17.7. The highest BCUT2D eigenvalue weighted by Gasteiger charge is 2.40. The molecule has 0 bridgehead atoms.